The predicted molar refractivity (Wildman–Crippen MR) is 75.2 cm³/mol. The lowest BCUT2D eigenvalue weighted by molar-refractivity contribution is 0.433. The molecule has 3 nitrogen and oxygen atoms in total. The summed E-state index contributed by atoms with van der Waals surface area (Å²) < 4.78 is 40.7. The van der Waals surface area contributed by atoms with Gasteiger partial charge in [0.05, 0.1) is 6.04 Å². The van der Waals surface area contributed by atoms with Crippen LogP contribution in [0.4, 0.5) is 19.0 Å². The second-order valence-electron chi connectivity index (χ2n) is 4.68. The summed E-state index contributed by atoms with van der Waals surface area (Å²) in [6.45, 7) is 4.12. The summed E-state index contributed by atoms with van der Waals surface area (Å²) in [5.41, 5.74) is 7.21. The second kappa shape index (κ2) is 6.13. The molecule has 0 fully saturated rings. The number of nitrogens with two attached hydrogens (primary N) is 1. The molecule has 1 unspecified atom stereocenters. The third-order valence-electron chi connectivity index (χ3n) is 3.31. The van der Waals surface area contributed by atoms with Crippen molar-refractivity contribution in [3.8, 4) is 0 Å². The van der Waals surface area contributed by atoms with E-state index in [4.69, 9.17) is 5.73 Å². The summed E-state index contributed by atoms with van der Waals surface area (Å²) in [7, 11) is 0. The maximum absolute atomic E-state index is 14.1. The Morgan fingerprint density at radius 1 is 1.19 bits per heavy atom. The zero-order valence-electron chi connectivity index (χ0n) is 11.8. The van der Waals surface area contributed by atoms with E-state index in [1.165, 1.54) is 6.07 Å². The number of aromatic nitrogens is 1. The quantitative estimate of drug-likeness (QED) is 0.852. The molecule has 0 amide bonds. The van der Waals surface area contributed by atoms with Gasteiger partial charge in [0.1, 0.15) is 5.82 Å². The highest BCUT2D eigenvalue weighted by Crippen LogP contribution is 2.31. The normalized spacial score (nSPS) is 12.4. The topological polar surface area (TPSA) is 50.9 Å². The van der Waals surface area contributed by atoms with E-state index in [0.717, 1.165) is 11.6 Å². The molecule has 2 rings (SSSR count). The minimum absolute atomic E-state index is 0.00134. The van der Waals surface area contributed by atoms with Crippen molar-refractivity contribution in [3.63, 3.8) is 0 Å². The van der Waals surface area contributed by atoms with Gasteiger partial charge in [-0.1, -0.05) is 13.0 Å². The molecule has 0 radical (unpaired) electrons. The van der Waals surface area contributed by atoms with Crippen molar-refractivity contribution in [2.45, 2.75) is 19.9 Å². The average molecular weight is 295 g/mol. The first-order chi connectivity index (χ1) is 9.97. The van der Waals surface area contributed by atoms with E-state index in [9.17, 15) is 13.2 Å². The van der Waals surface area contributed by atoms with Crippen molar-refractivity contribution >= 4 is 5.82 Å². The fraction of sp³-hybridized carbons (Fsp3) is 0.267. The van der Waals surface area contributed by atoms with Crippen molar-refractivity contribution in [2.24, 2.45) is 0 Å². The first kappa shape index (κ1) is 15.3. The zero-order chi connectivity index (χ0) is 15.6. The van der Waals surface area contributed by atoms with E-state index >= 15 is 0 Å². The molecule has 0 aliphatic carbocycles. The Morgan fingerprint density at radius 2 is 1.90 bits per heavy atom. The minimum Gasteiger partial charge on any atom is -0.383 e. The molecule has 0 aliphatic rings. The van der Waals surface area contributed by atoms with Crippen molar-refractivity contribution in [1.82, 2.24) is 10.3 Å². The molecule has 3 N–H and O–H groups in total. The van der Waals surface area contributed by atoms with Gasteiger partial charge in [0.25, 0.3) is 0 Å². The van der Waals surface area contributed by atoms with Gasteiger partial charge in [0, 0.05) is 17.3 Å². The zero-order valence-corrected chi connectivity index (χ0v) is 11.8. The lowest BCUT2D eigenvalue weighted by Gasteiger charge is -2.22. The van der Waals surface area contributed by atoms with Crippen LogP contribution in [0.2, 0.25) is 0 Å². The van der Waals surface area contributed by atoms with Crippen molar-refractivity contribution in [1.29, 1.82) is 0 Å². The number of hydrogen-bond acceptors (Lipinski definition) is 3. The molecule has 1 heterocycles. The highest BCUT2D eigenvalue weighted by Gasteiger charge is 2.24. The molecule has 21 heavy (non-hydrogen) atoms. The number of nitrogens with one attached hydrogen (secondary N) is 1. The molecule has 112 valence electrons. The van der Waals surface area contributed by atoms with Crippen LogP contribution < -0.4 is 11.1 Å². The van der Waals surface area contributed by atoms with Gasteiger partial charge in [-0.3, -0.25) is 0 Å². The lowest BCUT2D eigenvalue weighted by atomic mass is 9.95. The lowest BCUT2D eigenvalue weighted by Crippen LogP contribution is -2.25. The van der Waals surface area contributed by atoms with Gasteiger partial charge in [-0.05, 0) is 31.2 Å². The molecule has 0 spiro atoms. The number of hydrogen-bond donors (Lipinski definition) is 2. The van der Waals surface area contributed by atoms with Crippen LogP contribution in [-0.4, -0.2) is 11.5 Å². The maximum Gasteiger partial charge on any atom is 0.194 e. The van der Waals surface area contributed by atoms with Crippen molar-refractivity contribution in [3.05, 3.63) is 58.5 Å². The molecule has 0 saturated carbocycles. The van der Waals surface area contributed by atoms with Gasteiger partial charge in [-0.25, -0.2) is 18.2 Å². The van der Waals surface area contributed by atoms with E-state index < -0.39 is 23.5 Å². The van der Waals surface area contributed by atoms with Crippen molar-refractivity contribution in [2.75, 3.05) is 12.3 Å². The van der Waals surface area contributed by atoms with Gasteiger partial charge in [-0.2, -0.15) is 0 Å². The third kappa shape index (κ3) is 2.85. The fourth-order valence-corrected chi connectivity index (χ4v) is 2.30. The number of nitrogen functional groups attached to an aromatic ring is 1. The Bertz CT molecular complexity index is 639. The number of pyridine rings is 1. The van der Waals surface area contributed by atoms with Gasteiger partial charge in [0.15, 0.2) is 17.5 Å². The van der Waals surface area contributed by atoms with Crippen LogP contribution in [0.1, 0.15) is 29.7 Å². The summed E-state index contributed by atoms with van der Waals surface area (Å²) in [6.07, 6.45) is 1.54. The van der Waals surface area contributed by atoms with Crippen LogP contribution in [0.25, 0.3) is 0 Å². The number of anilines is 1. The van der Waals surface area contributed by atoms with Gasteiger partial charge < -0.3 is 11.1 Å². The molecule has 0 saturated heterocycles. The number of rotatable bonds is 4. The molecule has 0 aliphatic heterocycles. The molecular formula is C15H16F3N3. The number of halogens is 3. The van der Waals surface area contributed by atoms with Gasteiger partial charge in [-0.15, -0.1) is 0 Å². The Balaban J connectivity index is 2.62. The standard InChI is InChI=1S/C15H16F3N3/c1-3-20-14(11-8(2)6-7-21-15(11)19)9-4-5-10(16)13(18)12(9)17/h4-7,14,20H,3H2,1-2H3,(H2,19,21). The average Bonchev–Trinajstić information content (AvgIpc) is 2.44. The van der Waals surface area contributed by atoms with Crippen LogP contribution in [0.5, 0.6) is 0 Å². The molecular weight excluding hydrogens is 279 g/mol. The van der Waals surface area contributed by atoms with E-state index in [2.05, 4.69) is 10.3 Å². The SMILES string of the molecule is CCNC(c1ccc(F)c(F)c1F)c1c(C)ccnc1N. The first-order valence-electron chi connectivity index (χ1n) is 6.55. The summed E-state index contributed by atoms with van der Waals surface area (Å²) in [5, 5.41) is 3.04. The molecule has 0 bridgehead atoms. The highest BCUT2D eigenvalue weighted by molar-refractivity contribution is 5.50. The van der Waals surface area contributed by atoms with E-state index in [0.29, 0.717) is 12.1 Å². The molecule has 1 aromatic heterocycles. The van der Waals surface area contributed by atoms with Crippen LogP contribution in [-0.2, 0) is 0 Å². The molecule has 6 heteroatoms. The minimum atomic E-state index is -1.49. The summed E-state index contributed by atoms with van der Waals surface area (Å²) in [5.74, 6) is -3.70. The monoisotopic (exact) mass is 295 g/mol. The molecule has 2 aromatic rings. The molecule has 1 atom stereocenters. The van der Waals surface area contributed by atoms with Crippen molar-refractivity contribution < 1.29 is 13.2 Å². The third-order valence-corrected chi connectivity index (χ3v) is 3.31. The highest BCUT2D eigenvalue weighted by atomic mass is 19.2. The van der Waals surface area contributed by atoms with Crippen LogP contribution in [0.15, 0.2) is 24.4 Å². The van der Waals surface area contributed by atoms with Gasteiger partial charge >= 0.3 is 0 Å². The molecule has 1 aromatic carbocycles. The smallest absolute Gasteiger partial charge is 0.194 e. The predicted octanol–water partition coefficient (Wildman–Crippen LogP) is 3.09. The number of aryl methyl sites for hydroxylation is 1. The van der Waals surface area contributed by atoms with Gasteiger partial charge in [0.2, 0.25) is 0 Å². The van der Waals surface area contributed by atoms with Crippen LogP contribution in [0.3, 0.4) is 0 Å². The Morgan fingerprint density at radius 3 is 2.52 bits per heavy atom. The van der Waals surface area contributed by atoms with Crippen LogP contribution in [0, 0.1) is 24.4 Å². The Hall–Kier alpha value is -2.08. The second-order valence-corrected chi connectivity index (χ2v) is 4.68. The largest absolute Gasteiger partial charge is 0.383 e. The Kier molecular flexibility index (Phi) is 4.47. The number of nitrogens with zero attached hydrogens (tertiary/aromatic N) is 1. The maximum atomic E-state index is 14.1. The van der Waals surface area contributed by atoms with E-state index in [1.54, 1.807) is 19.2 Å². The summed E-state index contributed by atoms with van der Waals surface area (Å²) >= 11 is 0. The van der Waals surface area contributed by atoms with E-state index in [-0.39, 0.29) is 11.4 Å². The number of benzene rings is 1. The Labute approximate surface area is 121 Å². The van der Waals surface area contributed by atoms with E-state index in [1.807, 2.05) is 6.92 Å². The first-order valence-corrected chi connectivity index (χ1v) is 6.55. The summed E-state index contributed by atoms with van der Waals surface area (Å²) in [6, 6.07) is 3.15. The van der Waals surface area contributed by atoms with Crippen LogP contribution >= 0.6 is 0 Å². The fourth-order valence-electron chi connectivity index (χ4n) is 2.30. The summed E-state index contributed by atoms with van der Waals surface area (Å²) in [4.78, 5) is 3.99.